The van der Waals surface area contributed by atoms with Crippen LogP contribution in [0.25, 0.3) is 16.6 Å². The zero-order valence-electron chi connectivity index (χ0n) is 24.7. The van der Waals surface area contributed by atoms with Crippen LogP contribution in [0.2, 0.25) is 10.0 Å². The van der Waals surface area contributed by atoms with Crippen LogP contribution in [0.3, 0.4) is 0 Å². The number of nitrogens with zero attached hydrogens (tertiary/aromatic N) is 2. The molecule has 46 heavy (non-hydrogen) atoms. The Morgan fingerprint density at radius 1 is 0.848 bits per heavy atom. The molecule has 7 nitrogen and oxygen atoms in total. The van der Waals surface area contributed by atoms with Crippen molar-refractivity contribution in [1.29, 1.82) is 0 Å². The third-order valence-electron chi connectivity index (χ3n) is 7.37. The molecule has 0 saturated heterocycles. The van der Waals surface area contributed by atoms with Crippen molar-refractivity contribution in [3.63, 3.8) is 0 Å². The Balaban J connectivity index is 1.31. The van der Waals surface area contributed by atoms with Crippen molar-refractivity contribution in [2.45, 2.75) is 13.3 Å². The monoisotopic (exact) mass is 711 g/mol. The highest BCUT2D eigenvalue weighted by molar-refractivity contribution is 9.10. The third kappa shape index (κ3) is 7.10. The molecule has 0 bridgehead atoms. The number of hydrogen-bond donors (Lipinski definition) is 3. The second-order valence-electron chi connectivity index (χ2n) is 10.7. The molecule has 0 spiro atoms. The Labute approximate surface area is 284 Å². The van der Waals surface area contributed by atoms with E-state index in [1.807, 2.05) is 91.9 Å². The molecule has 1 heterocycles. The van der Waals surface area contributed by atoms with Crippen LogP contribution in [0.1, 0.15) is 17.0 Å². The normalized spacial score (nSPS) is 11.0. The average molecular weight is 713 g/mol. The number of carbonyl (C=O) groups excluding carboxylic acids is 1. The van der Waals surface area contributed by atoms with Crippen LogP contribution >= 0.6 is 39.1 Å². The van der Waals surface area contributed by atoms with E-state index >= 15 is 0 Å². The number of rotatable bonds is 9. The molecule has 0 aliphatic rings. The van der Waals surface area contributed by atoms with Gasteiger partial charge in [-0.15, -0.1) is 0 Å². The molecule has 230 valence electrons. The molecule has 5 aromatic carbocycles. The highest BCUT2D eigenvalue weighted by Crippen LogP contribution is 2.34. The lowest BCUT2D eigenvalue weighted by atomic mass is 10.1. The quantitative estimate of drug-likeness (QED) is 0.139. The smallest absolute Gasteiger partial charge is 0.266 e. The minimum absolute atomic E-state index is 0.0866. The molecule has 0 aliphatic heterocycles. The van der Waals surface area contributed by atoms with Gasteiger partial charge in [0, 0.05) is 28.0 Å². The summed E-state index contributed by atoms with van der Waals surface area (Å²) in [5.41, 5.74) is 5.88. The van der Waals surface area contributed by atoms with Crippen LogP contribution in [0.4, 0.5) is 22.7 Å². The topological polar surface area (TPSA) is 88.1 Å². The maximum atomic E-state index is 14.0. The van der Waals surface area contributed by atoms with Crippen molar-refractivity contribution in [2.24, 2.45) is 0 Å². The number of halogens is 3. The number of para-hydroxylation sites is 2. The molecule has 3 N–H and O–H groups in total. The number of fused-ring (bicyclic) bond motifs is 1. The van der Waals surface area contributed by atoms with Crippen LogP contribution < -0.4 is 21.5 Å². The van der Waals surface area contributed by atoms with Crippen LogP contribution in [0.15, 0.2) is 118 Å². The van der Waals surface area contributed by atoms with Crippen LogP contribution in [-0.2, 0) is 11.2 Å². The summed E-state index contributed by atoms with van der Waals surface area (Å²) in [5, 5.41) is 10.9. The fourth-order valence-electron chi connectivity index (χ4n) is 5.15. The van der Waals surface area contributed by atoms with Gasteiger partial charge in [-0.1, -0.05) is 75.5 Å². The van der Waals surface area contributed by atoms with E-state index in [9.17, 15) is 9.59 Å². The number of carbonyl (C=O) groups is 1. The summed E-state index contributed by atoms with van der Waals surface area (Å²) in [6.07, 6.45) is 0.339. The lowest BCUT2D eigenvalue weighted by Gasteiger charge is -2.17. The van der Waals surface area contributed by atoms with E-state index in [2.05, 4.69) is 31.9 Å². The summed E-state index contributed by atoms with van der Waals surface area (Å²) in [6, 6.07) is 33.6. The van der Waals surface area contributed by atoms with Gasteiger partial charge < -0.3 is 16.0 Å². The number of hydrogen-bond acceptors (Lipinski definition) is 5. The maximum absolute atomic E-state index is 14.0. The first-order chi connectivity index (χ1) is 22.2. The number of aryl methyl sites for hydroxylation is 1. The van der Waals surface area contributed by atoms with Crippen molar-refractivity contribution in [2.75, 3.05) is 22.5 Å². The molecular weight excluding hydrogens is 685 g/mol. The Morgan fingerprint density at radius 2 is 1.59 bits per heavy atom. The molecule has 0 atom stereocenters. The summed E-state index contributed by atoms with van der Waals surface area (Å²) in [6.45, 7) is 2.06. The number of amides is 1. The number of anilines is 4. The minimum Gasteiger partial charge on any atom is -0.376 e. The Kier molecular flexibility index (Phi) is 9.40. The van der Waals surface area contributed by atoms with E-state index in [4.69, 9.17) is 28.2 Å². The largest absolute Gasteiger partial charge is 0.376 e. The third-order valence-corrected chi connectivity index (χ3v) is 8.49. The molecular formula is C36H28BrCl2N5O2. The Morgan fingerprint density at radius 3 is 2.35 bits per heavy atom. The maximum Gasteiger partial charge on any atom is 0.266 e. The van der Waals surface area contributed by atoms with Crippen molar-refractivity contribution in [3.05, 3.63) is 151 Å². The van der Waals surface area contributed by atoms with E-state index in [1.54, 1.807) is 28.8 Å². The van der Waals surface area contributed by atoms with Gasteiger partial charge in [0.1, 0.15) is 5.82 Å². The molecule has 0 aliphatic carbocycles. The summed E-state index contributed by atoms with van der Waals surface area (Å²) in [4.78, 5) is 31.5. The summed E-state index contributed by atoms with van der Waals surface area (Å²) in [7, 11) is 0. The van der Waals surface area contributed by atoms with Crippen molar-refractivity contribution in [3.8, 4) is 5.69 Å². The molecule has 6 rings (SSSR count). The average Bonchev–Trinajstić information content (AvgIpc) is 3.04. The Bertz CT molecular complexity index is 2110. The second-order valence-corrected chi connectivity index (χ2v) is 12.4. The van der Waals surface area contributed by atoms with Crippen LogP contribution in [0, 0.1) is 6.92 Å². The van der Waals surface area contributed by atoms with E-state index in [0.717, 1.165) is 32.7 Å². The number of aromatic nitrogens is 2. The van der Waals surface area contributed by atoms with Gasteiger partial charge in [0.25, 0.3) is 5.56 Å². The molecule has 10 heteroatoms. The molecule has 1 amide bonds. The summed E-state index contributed by atoms with van der Waals surface area (Å²) in [5.74, 6) is 0.389. The van der Waals surface area contributed by atoms with Gasteiger partial charge in [-0.25, -0.2) is 4.98 Å². The van der Waals surface area contributed by atoms with Crippen molar-refractivity contribution in [1.82, 2.24) is 9.55 Å². The van der Waals surface area contributed by atoms with Gasteiger partial charge in [-0.2, -0.15) is 0 Å². The van der Waals surface area contributed by atoms with Crippen molar-refractivity contribution >= 4 is 78.7 Å². The summed E-state index contributed by atoms with van der Waals surface area (Å²) >= 11 is 16.4. The van der Waals surface area contributed by atoms with Gasteiger partial charge >= 0.3 is 0 Å². The SMILES string of the molecule is Cc1cccc(NC(=O)CNc2ccc(-n3c(Cc4ccccc4Nc4c(Cl)cccc4Cl)nc4ccc(Br)cc4c3=O)cc2)c1. The van der Waals surface area contributed by atoms with E-state index in [-0.39, 0.29) is 18.0 Å². The first kappa shape index (κ1) is 31.4. The highest BCUT2D eigenvalue weighted by atomic mass is 79.9. The summed E-state index contributed by atoms with van der Waals surface area (Å²) < 4.78 is 2.41. The molecule has 0 saturated carbocycles. The number of nitrogens with one attached hydrogen (secondary N) is 3. The van der Waals surface area contributed by atoms with Gasteiger partial charge in [0.2, 0.25) is 5.91 Å². The predicted octanol–water partition coefficient (Wildman–Crippen LogP) is 9.15. The molecule has 0 fully saturated rings. The molecule has 0 radical (unpaired) electrons. The standard InChI is InChI=1S/C36H28BrCl2N5O2/c1-22-6-4-8-26(18-22)41-34(45)21-40-25-13-15-27(16-14-25)44-33(42-32-17-12-24(37)20-28(32)36(44)46)19-23-7-2-3-11-31(23)43-35-29(38)9-5-10-30(35)39/h2-18,20,40,43H,19,21H2,1H3,(H,41,45). The predicted molar refractivity (Wildman–Crippen MR) is 192 cm³/mol. The van der Waals surface area contributed by atoms with Gasteiger partial charge in [-0.3, -0.25) is 14.2 Å². The van der Waals surface area contributed by atoms with Crippen LogP contribution in [0.5, 0.6) is 0 Å². The highest BCUT2D eigenvalue weighted by Gasteiger charge is 2.17. The van der Waals surface area contributed by atoms with Gasteiger partial charge in [0.05, 0.1) is 38.9 Å². The fourth-order valence-corrected chi connectivity index (χ4v) is 6.00. The number of benzene rings is 5. The van der Waals surface area contributed by atoms with E-state index in [0.29, 0.717) is 44.6 Å². The minimum atomic E-state index is -0.195. The van der Waals surface area contributed by atoms with Crippen LogP contribution in [-0.4, -0.2) is 22.0 Å². The zero-order chi connectivity index (χ0) is 32.2. The van der Waals surface area contributed by atoms with E-state index in [1.165, 1.54) is 0 Å². The fraction of sp³-hybridized carbons (Fsp3) is 0.0833. The Hall–Kier alpha value is -4.63. The second kappa shape index (κ2) is 13.8. The molecule has 1 aromatic heterocycles. The zero-order valence-corrected chi connectivity index (χ0v) is 27.7. The lowest BCUT2D eigenvalue weighted by molar-refractivity contribution is -0.114. The van der Waals surface area contributed by atoms with Gasteiger partial charge in [-0.05, 0) is 90.8 Å². The molecule has 0 unspecified atom stereocenters. The van der Waals surface area contributed by atoms with E-state index < -0.39 is 0 Å². The first-order valence-electron chi connectivity index (χ1n) is 14.5. The lowest BCUT2D eigenvalue weighted by Crippen LogP contribution is -2.24. The first-order valence-corrected chi connectivity index (χ1v) is 16.0. The van der Waals surface area contributed by atoms with Crippen molar-refractivity contribution < 1.29 is 4.79 Å². The molecule has 6 aromatic rings. The van der Waals surface area contributed by atoms with Gasteiger partial charge in [0.15, 0.2) is 0 Å².